The Balaban J connectivity index is 1.66. The van der Waals surface area contributed by atoms with Gasteiger partial charge < -0.3 is 4.74 Å². The maximum absolute atomic E-state index is 12.9. The van der Waals surface area contributed by atoms with E-state index in [4.69, 9.17) is 4.74 Å². The van der Waals surface area contributed by atoms with Gasteiger partial charge in [-0.25, -0.2) is 13.1 Å². The Morgan fingerprint density at radius 1 is 1.00 bits per heavy atom. The molecule has 1 N–H and O–H groups in total. The quantitative estimate of drug-likeness (QED) is 0.752. The molecule has 3 aromatic rings. The number of hydrogen-bond donors (Lipinski definition) is 1. The lowest BCUT2D eigenvalue weighted by molar-refractivity contribution is 0.415. The van der Waals surface area contributed by atoms with Crippen LogP contribution < -0.4 is 9.46 Å². The monoisotopic (exact) mass is 367 g/mol. The third kappa shape index (κ3) is 3.20. The van der Waals surface area contributed by atoms with E-state index in [1.54, 1.807) is 19.2 Å². The lowest BCUT2D eigenvalue weighted by Crippen LogP contribution is -2.31. The summed E-state index contributed by atoms with van der Waals surface area (Å²) >= 11 is 0. The molecule has 1 aliphatic rings. The Labute approximate surface area is 153 Å². The number of aryl methyl sites for hydroxylation is 1. The summed E-state index contributed by atoms with van der Waals surface area (Å²) in [5.41, 5.74) is 2.32. The van der Waals surface area contributed by atoms with Crippen molar-refractivity contribution in [3.05, 3.63) is 71.8 Å². The van der Waals surface area contributed by atoms with Crippen molar-refractivity contribution in [2.24, 2.45) is 0 Å². The number of rotatable bonds is 4. The van der Waals surface area contributed by atoms with Crippen LogP contribution >= 0.6 is 0 Å². The highest BCUT2D eigenvalue weighted by molar-refractivity contribution is 7.89. The Kier molecular flexibility index (Phi) is 4.42. The smallest absolute Gasteiger partial charge is 0.241 e. The molecule has 0 saturated heterocycles. The van der Waals surface area contributed by atoms with Crippen molar-refractivity contribution < 1.29 is 13.2 Å². The number of benzene rings is 3. The van der Waals surface area contributed by atoms with Gasteiger partial charge in [0.15, 0.2) is 0 Å². The van der Waals surface area contributed by atoms with Gasteiger partial charge in [0.05, 0.1) is 12.0 Å². The van der Waals surface area contributed by atoms with E-state index in [0.29, 0.717) is 4.90 Å². The molecule has 26 heavy (non-hydrogen) atoms. The van der Waals surface area contributed by atoms with Crippen LogP contribution in [-0.4, -0.2) is 15.5 Å². The molecule has 0 aliphatic heterocycles. The summed E-state index contributed by atoms with van der Waals surface area (Å²) in [6, 6.07) is 18.7. The van der Waals surface area contributed by atoms with Gasteiger partial charge in [0.2, 0.25) is 10.0 Å². The molecule has 0 spiro atoms. The average Bonchev–Trinajstić information content (AvgIpc) is 2.67. The first-order chi connectivity index (χ1) is 12.6. The van der Waals surface area contributed by atoms with Crippen molar-refractivity contribution in [3.63, 3.8) is 0 Å². The molecular formula is C21H21NO3S. The fourth-order valence-electron chi connectivity index (χ4n) is 3.63. The summed E-state index contributed by atoms with van der Waals surface area (Å²) in [4.78, 5) is 0.290. The SMILES string of the molecule is COc1ccc2cc(S(=O)(=O)NC3CCCc4ccccc43)ccc2c1. The lowest BCUT2D eigenvalue weighted by Gasteiger charge is -2.26. The molecule has 1 unspecified atom stereocenters. The molecular weight excluding hydrogens is 346 g/mol. The minimum absolute atomic E-state index is 0.170. The second-order valence-corrected chi connectivity index (χ2v) is 8.35. The van der Waals surface area contributed by atoms with Crippen LogP contribution in [0.5, 0.6) is 5.75 Å². The summed E-state index contributed by atoms with van der Waals surface area (Å²) in [6.45, 7) is 0. The minimum Gasteiger partial charge on any atom is -0.497 e. The molecule has 0 fully saturated rings. The van der Waals surface area contributed by atoms with Crippen LogP contribution in [0.15, 0.2) is 65.6 Å². The molecule has 0 aromatic heterocycles. The summed E-state index contributed by atoms with van der Waals surface area (Å²) < 4.78 is 34.0. The topological polar surface area (TPSA) is 55.4 Å². The van der Waals surface area contributed by atoms with E-state index in [1.165, 1.54) is 5.56 Å². The van der Waals surface area contributed by atoms with E-state index in [0.717, 1.165) is 41.3 Å². The average molecular weight is 367 g/mol. The molecule has 1 aliphatic carbocycles. The zero-order valence-electron chi connectivity index (χ0n) is 14.6. The van der Waals surface area contributed by atoms with Crippen LogP contribution in [0.3, 0.4) is 0 Å². The van der Waals surface area contributed by atoms with E-state index in [2.05, 4.69) is 10.8 Å². The van der Waals surface area contributed by atoms with Crippen LogP contribution in [0.2, 0.25) is 0 Å². The third-order valence-electron chi connectivity index (χ3n) is 5.00. The van der Waals surface area contributed by atoms with Gasteiger partial charge in [0.1, 0.15) is 5.75 Å². The first-order valence-electron chi connectivity index (χ1n) is 8.75. The maximum Gasteiger partial charge on any atom is 0.241 e. The highest BCUT2D eigenvalue weighted by atomic mass is 32.2. The Morgan fingerprint density at radius 2 is 1.77 bits per heavy atom. The number of methoxy groups -OCH3 is 1. The van der Waals surface area contributed by atoms with Crippen molar-refractivity contribution in [1.29, 1.82) is 0 Å². The highest BCUT2D eigenvalue weighted by Gasteiger charge is 2.25. The molecule has 4 rings (SSSR count). The van der Waals surface area contributed by atoms with Gasteiger partial charge in [0.25, 0.3) is 0 Å². The summed E-state index contributed by atoms with van der Waals surface area (Å²) in [6.07, 6.45) is 2.81. The van der Waals surface area contributed by atoms with Crippen molar-refractivity contribution in [2.45, 2.75) is 30.2 Å². The van der Waals surface area contributed by atoms with E-state index in [9.17, 15) is 8.42 Å². The Bertz CT molecular complexity index is 1060. The van der Waals surface area contributed by atoms with Crippen molar-refractivity contribution in [1.82, 2.24) is 4.72 Å². The maximum atomic E-state index is 12.9. The second kappa shape index (κ2) is 6.74. The third-order valence-corrected chi connectivity index (χ3v) is 6.47. The van der Waals surface area contributed by atoms with Crippen molar-refractivity contribution in [2.75, 3.05) is 7.11 Å². The lowest BCUT2D eigenvalue weighted by atomic mass is 9.88. The fraction of sp³-hybridized carbons (Fsp3) is 0.238. The Morgan fingerprint density at radius 3 is 2.62 bits per heavy atom. The number of sulfonamides is 1. The number of nitrogens with one attached hydrogen (secondary N) is 1. The fourth-order valence-corrected chi connectivity index (χ4v) is 4.91. The van der Waals surface area contributed by atoms with Gasteiger partial charge in [-0.3, -0.25) is 0 Å². The number of fused-ring (bicyclic) bond motifs is 2. The minimum atomic E-state index is -3.59. The highest BCUT2D eigenvalue weighted by Crippen LogP contribution is 2.31. The van der Waals surface area contributed by atoms with E-state index >= 15 is 0 Å². The van der Waals surface area contributed by atoms with Gasteiger partial charge in [0, 0.05) is 6.04 Å². The predicted molar refractivity (Wildman–Crippen MR) is 103 cm³/mol. The molecule has 0 radical (unpaired) electrons. The predicted octanol–water partition coefficient (Wildman–Crippen LogP) is 4.20. The number of hydrogen-bond acceptors (Lipinski definition) is 3. The summed E-state index contributed by atoms with van der Waals surface area (Å²) in [5.74, 6) is 0.755. The molecule has 0 heterocycles. The summed E-state index contributed by atoms with van der Waals surface area (Å²) in [7, 11) is -1.97. The largest absolute Gasteiger partial charge is 0.497 e. The molecule has 0 saturated carbocycles. The van der Waals surface area contributed by atoms with Crippen LogP contribution in [0, 0.1) is 0 Å². The van der Waals surface area contributed by atoms with Gasteiger partial charge in [-0.2, -0.15) is 0 Å². The molecule has 5 heteroatoms. The normalized spacial score (nSPS) is 17.0. The van der Waals surface area contributed by atoms with Crippen molar-refractivity contribution >= 4 is 20.8 Å². The van der Waals surface area contributed by atoms with Crippen molar-refractivity contribution in [3.8, 4) is 5.75 Å². The van der Waals surface area contributed by atoms with E-state index in [1.807, 2.05) is 42.5 Å². The molecule has 1 atom stereocenters. The first-order valence-corrected chi connectivity index (χ1v) is 10.2. The molecule has 3 aromatic carbocycles. The first kappa shape index (κ1) is 17.1. The van der Waals surface area contributed by atoms with Gasteiger partial charge in [-0.05, 0) is 65.4 Å². The zero-order chi connectivity index (χ0) is 18.1. The van der Waals surface area contributed by atoms with E-state index in [-0.39, 0.29) is 6.04 Å². The molecule has 134 valence electrons. The van der Waals surface area contributed by atoms with Crippen LogP contribution in [0.25, 0.3) is 10.8 Å². The second-order valence-electron chi connectivity index (χ2n) is 6.64. The molecule has 4 nitrogen and oxygen atoms in total. The van der Waals surface area contributed by atoms with Crippen LogP contribution in [-0.2, 0) is 16.4 Å². The van der Waals surface area contributed by atoms with Crippen LogP contribution in [0.1, 0.15) is 30.0 Å². The molecule has 0 bridgehead atoms. The Hall–Kier alpha value is -2.37. The number of ether oxygens (including phenoxy) is 1. The van der Waals surface area contributed by atoms with Gasteiger partial charge in [-0.15, -0.1) is 0 Å². The van der Waals surface area contributed by atoms with E-state index < -0.39 is 10.0 Å². The van der Waals surface area contributed by atoms with Crippen LogP contribution in [0.4, 0.5) is 0 Å². The van der Waals surface area contributed by atoms with Gasteiger partial charge in [-0.1, -0.05) is 36.4 Å². The van der Waals surface area contributed by atoms with Gasteiger partial charge >= 0.3 is 0 Å². The zero-order valence-corrected chi connectivity index (χ0v) is 15.4. The summed E-state index contributed by atoms with van der Waals surface area (Å²) in [5, 5.41) is 1.82. The molecule has 0 amide bonds. The standard InChI is InChI=1S/C21H21NO3S/c1-25-18-11-9-17-14-19(12-10-16(17)13-18)26(23,24)22-21-8-4-6-15-5-2-3-7-20(15)21/h2-3,5,7,9-14,21-22H,4,6,8H2,1H3.